The van der Waals surface area contributed by atoms with E-state index in [4.69, 9.17) is 4.74 Å². The van der Waals surface area contributed by atoms with Crippen molar-refractivity contribution < 1.29 is 9.84 Å². The lowest BCUT2D eigenvalue weighted by atomic mass is 9.97. The molecule has 76 valence electrons. The highest BCUT2D eigenvalue weighted by Gasteiger charge is 2.27. The SMILES string of the molecule is C=C(COC(C)C)C1CCCC1O. The van der Waals surface area contributed by atoms with Gasteiger partial charge in [0, 0.05) is 5.92 Å². The standard InChI is InChI=1S/C11H20O2/c1-8(2)13-7-9(3)10-5-4-6-11(10)12/h8,10-12H,3-7H2,1-2H3. The van der Waals surface area contributed by atoms with Gasteiger partial charge in [0.1, 0.15) is 0 Å². The molecule has 0 heterocycles. The average Bonchev–Trinajstić information content (AvgIpc) is 2.47. The van der Waals surface area contributed by atoms with Crippen LogP contribution in [0.4, 0.5) is 0 Å². The predicted octanol–water partition coefficient (Wildman–Crippen LogP) is 2.13. The molecule has 0 aromatic heterocycles. The third kappa shape index (κ3) is 3.12. The summed E-state index contributed by atoms with van der Waals surface area (Å²) in [5.41, 5.74) is 1.05. The maximum absolute atomic E-state index is 9.61. The number of hydrogen-bond acceptors (Lipinski definition) is 2. The number of rotatable bonds is 4. The molecule has 1 aliphatic carbocycles. The number of ether oxygens (including phenoxy) is 1. The zero-order chi connectivity index (χ0) is 9.84. The number of aliphatic hydroxyl groups excluding tert-OH is 1. The second-order valence-electron chi connectivity index (χ2n) is 4.12. The van der Waals surface area contributed by atoms with Gasteiger partial charge in [0.2, 0.25) is 0 Å². The Labute approximate surface area is 80.6 Å². The Morgan fingerprint density at radius 2 is 2.23 bits per heavy atom. The lowest BCUT2D eigenvalue weighted by Crippen LogP contribution is -2.19. The first-order valence-electron chi connectivity index (χ1n) is 5.08. The Balaban J connectivity index is 2.30. The molecule has 2 atom stereocenters. The first-order chi connectivity index (χ1) is 6.11. The van der Waals surface area contributed by atoms with Crippen molar-refractivity contribution >= 4 is 0 Å². The van der Waals surface area contributed by atoms with Crippen molar-refractivity contribution in [1.82, 2.24) is 0 Å². The van der Waals surface area contributed by atoms with E-state index in [1.165, 1.54) is 0 Å². The summed E-state index contributed by atoms with van der Waals surface area (Å²) in [4.78, 5) is 0. The van der Waals surface area contributed by atoms with Crippen LogP contribution in [-0.4, -0.2) is 23.9 Å². The van der Waals surface area contributed by atoms with Gasteiger partial charge in [0.15, 0.2) is 0 Å². The molecule has 0 amide bonds. The van der Waals surface area contributed by atoms with Crippen molar-refractivity contribution in [3.05, 3.63) is 12.2 Å². The second kappa shape index (κ2) is 4.77. The van der Waals surface area contributed by atoms with Crippen LogP contribution in [0, 0.1) is 5.92 Å². The van der Waals surface area contributed by atoms with Gasteiger partial charge in [-0.05, 0) is 32.3 Å². The molecule has 0 saturated heterocycles. The van der Waals surface area contributed by atoms with Crippen LogP contribution < -0.4 is 0 Å². The molecule has 13 heavy (non-hydrogen) atoms. The quantitative estimate of drug-likeness (QED) is 0.678. The smallest absolute Gasteiger partial charge is 0.0681 e. The topological polar surface area (TPSA) is 29.5 Å². The molecule has 2 heteroatoms. The van der Waals surface area contributed by atoms with Crippen LogP contribution >= 0.6 is 0 Å². The first-order valence-corrected chi connectivity index (χ1v) is 5.08. The summed E-state index contributed by atoms with van der Waals surface area (Å²) in [5, 5.41) is 9.61. The molecule has 1 aliphatic rings. The second-order valence-corrected chi connectivity index (χ2v) is 4.12. The van der Waals surface area contributed by atoms with Crippen LogP contribution in [0.2, 0.25) is 0 Å². The molecule has 0 radical (unpaired) electrons. The summed E-state index contributed by atoms with van der Waals surface area (Å²) in [6.45, 7) is 8.60. The molecule has 0 spiro atoms. The fourth-order valence-electron chi connectivity index (χ4n) is 1.80. The molecular weight excluding hydrogens is 164 g/mol. The van der Waals surface area contributed by atoms with Crippen LogP contribution in [-0.2, 0) is 4.74 Å². The van der Waals surface area contributed by atoms with Gasteiger partial charge >= 0.3 is 0 Å². The monoisotopic (exact) mass is 184 g/mol. The summed E-state index contributed by atoms with van der Waals surface area (Å²) in [7, 11) is 0. The van der Waals surface area contributed by atoms with E-state index in [0.29, 0.717) is 6.61 Å². The molecule has 0 bridgehead atoms. The maximum Gasteiger partial charge on any atom is 0.0681 e. The van der Waals surface area contributed by atoms with Gasteiger partial charge in [-0.1, -0.05) is 13.0 Å². The van der Waals surface area contributed by atoms with Gasteiger partial charge in [0.05, 0.1) is 18.8 Å². The van der Waals surface area contributed by atoms with E-state index in [1.54, 1.807) is 0 Å². The third-order valence-corrected chi connectivity index (χ3v) is 2.61. The Hall–Kier alpha value is -0.340. The first kappa shape index (κ1) is 10.7. The normalized spacial score (nSPS) is 28.3. The summed E-state index contributed by atoms with van der Waals surface area (Å²) < 4.78 is 5.45. The Morgan fingerprint density at radius 3 is 2.69 bits per heavy atom. The van der Waals surface area contributed by atoms with Crippen LogP contribution in [0.5, 0.6) is 0 Å². The summed E-state index contributed by atoms with van der Waals surface area (Å²) in [5.74, 6) is 0.277. The van der Waals surface area contributed by atoms with Crippen molar-refractivity contribution in [3.63, 3.8) is 0 Å². The van der Waals surface area contributed by atoms with E-state index >= 15 is 0 Å². The molecule has 0 aliphatic heterocycles. The highest BCUT2D eigenvalue weighted by molar-refractivity contribution is 5.06. The van der Waals surface area contributed by atoms with E-state index in [9.17, 15) is 5.11 Å². The van der Waals surface area contributed by atoms with Crippen molar-refractivity contribution in [2.75, 3.05) is 6.61 Å². The van der Waals surface area contributed by atoms with E-state index in [2.05, 4.69) is 6.58 Å². The Morgan fingerprint density at radius 1 is 1.54 bits per heavy atom. The van der Waals surface area contributed by atoms with Gasteiger partial charge in [-0.2, -0.15) is 0 Å². The molecule has 1 N–H and O–H groups in total. The molecule has 0 aromatic carbocycles. The highest BCUT2D eigenvalue weighted by atomic mass is 16.5. The van der Waals surface area contributed by atoms with Crippen molar-refractivity contribution in [2.45, 2.75) is 45.3 Å². The number of aliphatic hydroxyl groups is 1. The predicted molar refractivity (Wildman–Crippen MR) is 53.6 cm³/mol. The van der Waals surface area contributed by atoms with Gasteiger partial charge in [-0.25, -0.2) is 0 Å². The van der Waals surface area contributed by atoms with Gasteiger partial charge in [0.25, 0.3) is 0 Å². The molecular formula is C11H20O2. The van der Waals surface area contributed by atoms with E-state index in [1.807, 2.05) is 13.8 Å². The molecule has 1 rings (SSSR count). The Bertz CT molecular complexity index is 175. The molecule has 2 unspecified atom stereocenters. The van der Waals surface area contributed by atoms with Gasteiger partial charge < -0.3 is 9.84 Å². The third-order valence-electron chi connectivity index (χ3n) is 2.61. The van der Waals surface area contributed by atoms with E-state index < -0.39 is 0 Å². The molecule has 1 saturated carbocycles. The zero-order valence-corrected chi connectivity index (χ0v) is 8.62. The van der Waals surface area contributed by atoms with Gasteiger partial charge in [-0.15, -0.1) is 0 Å². The average molecular weight is 184 g/mol. The summed E-state index contributed by atoms with van der Waals surface area (Å²) in [6, 6.07) is 0. The van der Waals surface area contributed by atoms with Crippen molar-refractivity contribution in [2.24, 2.45) is 5.92 Å². The molecule has 2 nitrogen and oxygen atoms in total. The highest BCUT2D eigenvalue weighted by Crippen LogP contribution is 2.30. The maximum atomic E-state index is 9.61. The van der Waals surface area contributed by atoms with E-state index in [-0.39, 0.29) is 18.1 Å². The van der Waals surface area contributed by atoms with Crippen LogP contribution in [0.3, 0.4) is 0 Å². The van der Waals surface area contributed by atoms with Crippen molar-refractivity contribution in [3.8, 4) is 0 Å². The van der Waals surface area contributed by atoms with E-state index in [0.717, 1.165) is 24.8 Å². The lowest BCUT2D eigenvalue weighted by molar-refractivity contribution is 0.0809. The van der Waals surface area contributed by atoms with Crippen molar-refractivity contribution in [1.29, 1.82) is 0 Å². The fraction of sp³-hybridized carbons (Fsp3) is 0.818. The van der Waals surface area contributed by atoms with Crippen LogP contribution in [0.25, 0.3) is 0 Å². The van der Waals surface area contributed by atoms with Crippen LogP contribution in [0.15, 0.2) is 12.2 Å². The summed E-state index contributed by atoms with van der Waals surface area (Å²) in [6.07, 6.45) is 3.18. The zero-order valence-electron chi connectivity index (χ0n) is 8.62. The minimum atomic E-state index is -0.178. The minimum Gasteiger partial charge on any atom is -0.393 e. The molecule has 0 aromatic rings. The summed E-state index contributed by atoms with van der Waals surface area (Å²) >= 11 is 0. The van der Waals surface area contributed by atoms with Crippen LogP contribution in [0.1, 0.15) is 33.1 Å². The fourth-order valence-corrected chi connectivity index (χ4v) is 1.80. The number of hydrogen-bond donors (Lipinski definition) is 1. The Kier molecular flexibility index (Phi) is 3.94. The molecule has 1 fully saturated rings. The minimum absolute atomic E-state index is 0.178. The lowest BCUT2D eigenvalue weighted by Gasteiger charge is -2.18. The van der Waals surface area contributed by atoms with Gasteiger partial charge in [-0.3, -0.25) is 0 Å². The largest absolute Gasteiger partial charge is 0.393 e.